The van der Waals surface area contributed by atoms with Crippen molar-refractivity contribution in [1.29, 1.82) is 0 Å². The maximum absolute atomic E-state index is 12.0. The molecule has 1 heterocycles. The van der Waals surface area contributed by atoms with Crippen LogP contribution in [0.15, 0.2) is 5.38 Å². The summed E-state index contributed by atoms with van der Waals surface area (Å²) in [4.78, 5) is 27.7. The number of aromatic nitrogens is 1. The Morgan fingerprint density at radius 3 is 2.88 bits per heavy atom. The van der Waals surface area contributed by atoms with Crippen LogP contribution in [0.2, 0.25) is 0 Å². The molecule has 0 aliphatic heterocycles. The Morgan fingerprint density at radius 2 is 2.35 bits per heavy atom. The van der Waals surface area contributed by atoms with Crippen molar-refractivity contribution in [2.75, 3.05) is 0 Å². The average molecular weight is 253 g/mol. The summed E-state index contributed by atoms with van der Waals surface area (Å²) in [5.41, 5.74) is -0.337. The number of nitrogens with zero attached hydrogens (tertiary/aromatic N) is 1. The number of ketones is 1. The van der Waals surface area contributed by atoms with Crippen molar-refractivity contribution in [3.63, 3.8) is 0 Å². The molecule has 1 N–H and O–H groups in total. The Labute approximate surface area is 104 Å². The SMILES string of the molecule is Cc1csc(CC2(C(=O)O)CCCCC2=O)n1. The predicted octanol–water partition coefficient (Wildman–Crippen LogP) is 2.21. The molecular formula is C12H15NO3S. The largest absolute Gasteiger partial charge is 0.480 e. The van der Waals surface area contributed by atoms with Gasteiger partial charge in [0.2, 0.25) is 0 Å². The third-order valence-electron chi connectivity index (χ3n) is 3.32. The number of carbonyl (C=O) groups is 2. The van der Waals surface area contributed by atoms with E-state index in [1.165, 1.54) is 11.3 Å². The van der Waals surface area contributed by atoms with E-state index in [2.05, 4.69) is 4.98 Å². The molecule has 0 saturated heterocycles. The van der Waals surface area contributed by atoms with Gasteiger partial charge in [0.05, 0.1) is 5.01 Å². The molecule has 1 aromatic rings. The second-order valence-electron chi connectivity index (χ2n) is 4.58. The van der Waals surface area contributed by atoms with E-state index < -0.39 is 11.4 Å². The number of aliphatic carboxylic acids is 1. The molecule has 1 aliphatic rings. The van der Waals surface area contributed by atoms with Gasteiger partial charge in [0.1, 0.15) is 5.41 Å². The molecule has 0 bridgehead atoms. The third-order valence-corrected chi connectivity index (χ3v) is 4.29. The monoisotopic (exact) mass is 253 g/mol. The van der Waals surface area contributed by atoms with Crippen molar-refractivity contribution in [1.82, 2.24) is 4.98 Å². The van der Waals surface area contributed by atoms with Crippen LogP contribution < -0.4 is 0 Å². The lowest BCUT2D eigenvalue weighted by Crippen LogP contribution is -2.43. The van der Waals surface area contributed by atoms with Crippen molar-refractivity contribution in [3.05, 3.63) is 16.1 Å². The zero-order valence-corrected chi connectivity index (χ0v) is 10.5. The minimum atomic E-state index is -1.22. The summed E-state index contributed by atoms with van der Waals surface area (Å²) in [5, 5.41) is 12.0. The Kier molecular flexibility index (Phi) is 3.28. The minimum absolute atomic E-state index is 0.135. The highest BCUT2D eigenvalue weighted by molar-refractivity contribution is 7.09. The molecule has 17 heavy (non-hydrogen) atoms. The van der Waals surface area contributed by atoms with Gasteiger partial charge in [-0.25, -0.2) is 4.98 Å². The Bertz CT molecular complexity index is 454. The minimum Gasteiger partial charge on any atom is -0.480 e. The van der Waals surface area contributed by atoms with Gasteiger partial charge >= 0.3 is 5.97 Å². The van der Waals surface area contributed by atoms with Crippen LogP contribution in [0.1, 0.15) is 36.4 Å². The predicted molar refractivity (Wildman–Crippen MR) is 64.1 cm³/mol. The van der Waals surface area contributed by atoms with Crippen LogP contribution in [-0.2, 0) is 16.0 Å². The number of carbonyl (C=O) groups excluding carboxylic acids is 1. The van der Waals surface area contributed by atoms with Gasteiger partial charge < -0.3 is 5.11 Å². The van der Waals surface area contributed by atoms with Gasteiger partial charge in [-0.15, -0.1) is 11.3 Å². The van der Waals surface area contributed by atoms with Crippen molar-refractivity contribution < 1.29 is 14.7 Å². The van der Waals surface area contributed by atoms with Crippen LogP contribution in [0.4, 0.5) is 0 Å². The van der Waals surface area contributed by atoms with E-state index >= 15 is 0 Å². The van der Waals surface area contributed by atoms with Crippen LogP contribution in [0, 0.1) is 12.3 Å². The summed E-state index contributed by atoms with van der Waals surface area (Å²) < 4.78 is 0. The summed E-state index contributed by atoms with van der Waals surface area (Å²) in [6.45, 7) is 1.87. The molecular weight excluding hydrogens is 238 g/mol. The van der Waals surface area contributed by atoms with Gasteiger partial charge in [-0.1, -0.05) is 6.42 Å². The van der Waals surface area contributed by atoms with Crippen LogP contribution in [0.3, 0.4) is 0 Å². The topological polar surface area (TPSA) is 67.3 Å². The molecule has 1 aliphatic carbocycles. The summed E-state index contributed by atoms with van der Waals surface area (Å²) >= 11 is 1.43. The van der Waals surface area contributed by atoms with Crippen molar-refractivity contribution in [3.8, 4) is 0 Å². The Balaban J connectivity index is 2.28. The van der Waals surface area contributed by atoms with Crippen LogP contribution in [-0.4, -0.2) is 21.8 Å². The molecule has 1 fully saturated rings. The molecule has 1 atom stereocenters. The lowest BCUT2D eigenvalue weighted by atomic mass is 9.71. The van der Waals surface area contributed by atoms with E-state index in [4.69, 9.17) is 0 Å². The zero-order valence-electron chi connectivity index (χ0n) is 9.73. The first-order valence-corrected chi connectivity index (χ1v) is 6.60. The molecule has 92 valence electrons. The van der Waals surface area contributed by atoms with E-state index in [1.54, 1.807) is 0 Å². The molecule has 0 aromatic carbocycles. The number of aryl methyl sites for hydroxylation is 1. The first kappa shape index (κ1) is 12.2. The molecule has 1 saturated carbocycles. The molecule has 2 rings (SSSR count). The fourth-order valence-corrected chi connectivity index (χ4v) is 3.21. The standard InChI is InChI=1S/C12H15NO3S/c1-8-7-17-10(13-8)6-12(11(15)16)5-3-2-4-9(12)14/h7H,2-6H2,1H3,(H,15,16). The average Bonchev–Trinajstić information content (AvgIpc) is 2.67. The number of thiazole rings is 1. The summed E-state index contributed by atoms with van der Waals surface area (Å²) in [6.07, 6.45) is 2.70. The summed E-state index contributed by atoms with van der Waals surface area (Å²) in [6, 6.07) is 0. The lowest BCUT2D eigenvalue weighted by molar-refractivity contribution is -0.157. The van der Waals surface area contributed by atoms with Gasteiger partial charge in [-0.3, -0.25) is 9.59 Å². The molecule has 0 radical (unpaired) electrons. The maximum Gasteiger partial charge on any atom is 0.317 e. The normalized spacial score (nSPS) is 24.9. The van der Waals surface area contributed by atoms with E-state index in [9.17, 15) is 14.7 Å². The van der Waals surface area contributed by atoms with Crippen LogP contribution in [0.25, 0.3) is 0 Å². The maximum atomic E-state index is 12.0. The first-order chi connectivity index (χ1) is 8.04. The summed E-state index contributed by atoms with van der Waals surface area (Å²) in [5.74, 6) is -1.13. The van der Waals surface area contributed by atoms with Crippen molar-refractivity contribution in [2.45, 2.75) is 39.0 Å². The molecule has 1 aromatic heterocycles. The second kappa shape index (κ2) is 4.56. The van der Waals surface area contributed by atoms with Gasteiger partial charge in [0.15, 0.2) is 5.78 Å². The van der Waals surface area contributed by atoms with E-state index in [0.717, 1.165) is 23.5 Å². The molecule has 0 amide bonds. The van der Waals surface area contributed by atoms with Crippen molar-refractivity contribution in [2.24, 2.45) is 5.41 Å². The number of carboxylic acid groups (broad SMARTS) is 1. The first-order valence-electron chi connectivity index (χ1n) is 5.72. The van der Waals surface area contributed by atoms with Gasteiger partial charge in [-0.2, -0.15) is 0 Å². The molecule has 1 unspecified atom stereocenters. The highest BCUT2D eigenvalue weighted by Crippen LogP contribution is 2.37. The van der Waals surface area contributed by atoms with Gasteiger partial charge in [0.25, 0.3) is 0 Å². The molecule has 4 nitrogen and oxygen atoms in total. The molecule has 5 heteroatoms. The highest BCUT2D eigenvalue weighted by atomic mass is 32.1. The Morgan fingerprint density at radius 1 is 1.59 bits per heavy atom. The smallest absolute Gasteiger partial charge is 0.317 e. The quantitative estimate of drug-likeness (QED) is 0.839. The van der Waals surface area contributed by atoms with E-state index in [1.807, 2.05) is 12.3 Å². The molecule has 0 spiro atoms. The number of hydrogen-bond donors (Lipinski definition) is 1. The zero-order chi connectivity index (χ0) is 12.5. The number of hydrogen-bond acceptors (Lipinski definition) is 4. The van der Waals surface area contributed by atoms with Crippen LogP contribution in [0.5, 0.6) is 0 Å². The number of rotatable bonds is 3. The van der Waals surface area contributed by atoms with E-state index in [-0.39, 0.29) is 12.2 Å². The Hall–Kier alpha value is -1.23. The van der Waals surface area contributed by atoms with Crippen molar-refractivity contribution >= 4 is 23.1 Å². The summed E-state index contributed by atoms with van der Waals surface area (Å²) in [7, 11) is 0. The second-order valence-corrected chi connectivity index (χ2v) is 5.52. The highest BCUT2D eigenvalue weighted by Gasteiger charge is 2.47. The lowest BCUT2D eigenvalue weighted by Gasteiger charge is -2.30. The number of Topliss-reactive ketones (excluding diaryl/α,β-unsaturated/α-hetero) is 1. The van der Waals surface area contributed by atoms with Gasteiger partial charge in [0, 0.05) is 23.9 Å². The fourth-order valence-electron chi connectivity index (χ4n) is 2.32. The van der Waals surface area contributed by atoms with E-state index in [0.29, 0.717) is 12.8 Å². The van der Waals surface area contributed by atoms with Crippen LogP contribution >= 0.6 is 11.3 Å². The fraction of sp³-hybridized carbons (Fsp3) is 0.583. The third kappa shape index (κ3) is 2.24. The number of carboxylic acids is 1. The van der Waals surface area contributed by atoms with Gasteiger partial charge in [-0.05, 0) is 19.8 Å².